The number of benzene rings is 1. The molecular weight excluding hydrogens is 298 g/mol. The van der Waals surface area contributed by atoms with Gasteiger partial charge in [0, 0.05) is 18.3 Å². The summed E-state index contributed by atoms with van der Waals surface area (Å²) in [5.74, 6) is 0.809. The fourth-order valence-electron chi connectivity index (χ4n) is 3.14. The highest BCUT2D eigenvalue weighted by Gasteiger charge is 2.23. The van der Waals surface area contributed by atoms with Crippen molar-refractivity contribution in [2.24, 2.45) is 4.99 Å². The third-order valence-electron chi connectivity index (χ3n) is 4.15. The number of nitrogens with one attached hydrogen (secondary N) is 2. The van der Waals surface area contributed by atoms with E-state index in [1.165, 1.54) is 17.7 Å². The molecule has 5 heteroatoms. The molecule has 0 amide bonds. The van der Waals surface area contributed by atoms with Crippen LogP contribution in [-0.4, -0.2) is 28.3 Å². The predicted molar refractivity (Wildman–Crippen MR) is 98.7 cm³/mol. The van der Waals surface area contributed by atoms with Crippen LogP contribution < -0.4 is 10.6 Å². The van der Waals surface area contributed by atoms with E-state index in [2.05, 4.69) is 65.3 Å². The zero-order valence-electron chi connectivity index (χ0n) is 15.1. The Bertz CT molecular complexity index is 722. The molecule has 0 spiro atoms. The average Bonchev–Trinajstić information content (AvgIpc) is 3.14. The van der Waals surface area contributed by atoms with E-state index in [1.54, 1.807) is 7.05 Å². The third kappa shape index (κ3) is 3.61. The van der Waals surface area contributed by atoms with Gasteiger partial charge in [-0.3, -0.25) is 4.99 Å². The van der Waals surface area contributed by atoms with Crippen molar-refractivity contribution in [3.63, 3.8) is 0 Å². The van der Waals surface area contributed by atoms with Crippen molar-refractivity contribution >= 4 is 5.96 Å². The second kappa shape index (κ2) is 6.67. The van der Waals surface area contributed by atoms with Gasteiger partial charge in [0.25, 0.3) is 0 Å². The zero-order chi connectivity index (χ0) is 17.2. The third-order valence-corrected chi connectivity index (χ3v) is 4.15. The van der Waals surface area contributed by atoms with Crippen LogP contribution in [0.1, 0.15) is 44.1 Å². The smallest absolute Gasteiger partial charge is 0.191 e. The number of fused-ring (bicyclic) bond motifs is 1. The maximum absolute atomic E-state index is 4.88. The van der Waals surface area contributed by atoms with E-state index in [4.69, 9.17) is 5.10 Å². The molecule has 0 bridgehead atoms. The number of hydrogen-bond donors (Lipinski definition) is 2. The average molecular weight is 325 g/mol. The summed E-state index contributed by atoms with van der Waals surface area (Å²) in [6, 6.07) is 10.4. The highest BCUT2D eigenvalue weighted by molar-refractivity contribution is 5.80. The highest BCUT2D eigenvalue weighted by atomic mass is 15.3. The largest absolute Gasteiger partial charge is 0.352 e. The molecule has 2 aromatic rings. The van der Waals surface area contributed by atoms with Gasteiger partial charge in [0.15, 0.2) is 5.96 Å². The van der Waals surface area contributed by atoms with Crippen LogP contribution >= 0.6 is 0 Å². The standard InChI is InChI=1S/C19H27N5/c1-19(2,3)22-18(20-4)21-13-16-15-11-8-12-17(15)24(23-16)14-9-6-5-7-10-14/h5-7,9-10H,8,11-13H2,1-4H3,(H2,20,21,22). The molecule has 1 aliphatic rings. The molecule has 0 aliphatic heterocycles. The fraction of sp³-hybridized carbons (Fsp3) is 0.474. The van der Waals surface area contributed by atoms with Gasteiger partial charge in [0.05, 0.1) is 17.9 Å². The monoisotopic (exact) mass is 325 g/mol. The van der Waals surface area contributed by atoms with E-state index in [1.807, 2.05) is 6.07 Å². The van der Waals surface area contributed by atoms with E-state index in [9.17, 15) is 0 Å². The fourth-order valence-corrected chi connectivity index (χ4v) is 3.14. The Hall–Kier alpha value is -2.30. The summed E-state index contributed by atoms with van der Waals surface area (Å²) < 4.78 is 2.11. The van der Waals surface area contributed by atoms with Crippen molar-refractivity contribution in [3.8, 4) is 5.69 Å². The molecule has 24 heavy (non-hydrogen) atoms. The van der Waals surface area contributed by atoms with Gasteiger partial charge < -0.3 is 10.6 Å². The molecule has 0 saturated heterocycles. The Balaban J connectivity index is 1.80. The molecule has 0 unspecified atom stereocenters. The normalized spacial score (nSPS) is 14.6. The number of aromatic nitrogens is 2. The van der Waals surface area contributed by atoms with Gasteiger partial charge in [-0.15, -0.1) is 0 Å². The molecule has 5 nitrogen and oxygen atoms in total. The highest BCUT2D eigenvalue weighted by Crippen LogP contribution is 2.27. The lowest BCUT2D eigenvalue weighted by atomic mass is 10.1. The second-order valence-corrected chi connectivity index (χ2v) is 7.27. The zero-order valence-corrected chi connectivity index (χ0v) is 15.1. The molecule has 1 aromatic carbocycles. The van der Waals surface area contributed by atoms with Crippen molar-refractivity contribution in [1.29, 1.82) is 0 Å². The van der Waals surface area contributed by atoms with Gasteiger partial charge in [-0.2, -0.15) is 5.10 Å². The van der Waals surface area contributed by atoms with Crippen LogP contribution in [0.4, 0.5) is 0 Å². The number of guanidine groups is 1. The Morgan fingerprint density at radius 1 is 1.21 bits per heavy atom. The van der Waals surface area contributed by atoms with Crippen LogP contribution in [-0.2, 0) is 19.4 Å². The van der Waals surface area contributed by atoms with Crippen LogP contribution in [0.15, 0.2) is 35.3 Å². The molecule has 1 aromatic heterocycles. The van der Waals surface area contributed by atoms with Crippen molar-refractivity contribution in [1.82, 2.24) is 20.4 Å². The lowest BCUT2D eigenvalue weighted by Crippen LogP contribution is -2.47. The molecule has 0 radical (unpaired) electrons. The summed E-state index contributed by atoms with van der Waals surface area (Å²) in [5, 5.41) is 11.7. The van der Waals surface area contributed by atoms with Gasteiger partial charge in [0.2, 0.25) is 0 Å². The Morgan fingerprint density at radius 2 is 1.96 bits per heavy atom. The number of para-hydroxylation sites is 1. The molecule has 3 rings (SSSR count). The summed E-state index contributed by atoms with van der Waals surface area (Å²) in [5.41, 5.74) is 5.00. The summed E-state index contributed by atoms with van der Waals surface area (Å²) in [4.78, 5) is 4.31. The van der Waals surface area contributed by atoms with Crippen LogP contribution in [0.3, 0.4) is 0 Å². The Kier molecular flexibility index (Phi) is 4.60. The minimum Gasteiger partial charge on any atom is -0.352 e. The summed E-state index contributed by atoms with van der Waals surface area (Å²) in [6.45, 7) is 7.07. The summed E-state index contributed by atoms with van der Waals surface area (Å²) in [6.07, 6.45) is 3.43. The number of rotatable bonds is 3. The molecule has 0 saturated carbocycles. The van der Waals surface area contributed by atoms with E-state index in [0.717, 1.165) is 30.2 Å². The maximum atomic E-state index is 4.88. The maximum Gasteiger partial charge on any atom is 0.191 e. The molecule has 0 atom stereocenters. The van der Waals surface area contributed by atoms with Crippen molar-refractivity contribution in [3.05, 3.63) is 47.3 Å². The molecule has 1 aliphatic carbocycles. The first-order valence-electron chi connectivity index (χ1n) is 8.62. The number of hydrogen-bond acceptors (Lipinski definition) is 2. The topological polar surface area (TPSA) is 54.2 Å². The minimum atomic E-state index is -0.0206. The summed E-state index contributed by atoms with van der Waals surface area (Å²) in [7, 11) is 1.80. The first-order chi connectivity index (χ1) is 11.5. The van der Waals surface area contributed by atoms with Crippen LogP contribution in [0.25, 0.3) is 5.69 Å². The van der Waals surface area contributed by atoms with Gasteiger partial charge in [-0.25, -0.2) is 4.68 Å². The van der Waals surface area contributed by atoms with Crippen molar-refractivity contribution in [2.45, 2.75) is 52.1 Å². The lowest BCUT2D eigenvalue weighted by molar-refractivity contribution is 0.501. The van der Waals surface area contributed by atoms with E-state index < -0.39 is 0 Å². The van der Waals surface area contributed by atoms with E-state index >= 15 is 0 Å². The molecular formula is C19H27N5. The van der Waals surface area contributed by atoms with Crippen molar-refractivity contribution in [2.75, 3.05) is 7.05 Å². The van der Waals surface area contributed by atoms with Gasteiger partial charge in [-0.05, 0) is 57.7 Å². The van der Waals surface area contributed by atoms with E-state index in [-0.39, 0.29) is 5.54 Å². The van der Waals surface area contributed by atoms with Gasteiger partial charge >= 0.3 is 0 Å². The number of nitrogens with zero attached hydrogens (tertiary/aromatic N) is 3. The second-order valence-electron chi connectivity index (χ2n) is 7.27. The van der Waals surface area contributed by atoms with Crippen molar-refractivity contribution < 1.29 is 0 Å². The minimum absolute atomic E-state index is 0.0206. The Labute approximate surface area is 144 Å². The SMILES string of the molecule is CN=C(NCc1nn(-c2ccccc2)c2c1CCC2)NC(C)(C)C. The summed E-state index contributed by atoms with van der Waals surface area (Å²) >= 11 is 0. The quantitative estimate of drug-likeness (QED) is 0.674. The van der Waals surface area contributed by atoms with Gasteiger partial charge in [0.1, 0.15) is 0 Å². The molecule has 0 fully saturated rings. The molecule has 2 N–H and O–H groups in total. The predicted octanol–water partition coefficient (Wildman–Crippen LogP) is 2.82. The first-order valence-corrected chi connectivity index (χ1v) is 8.62. The van der Waals surface area contributed by atoms with Gasteiger partial charge in [-0.1, -0.05) is 18.2 Å². The van der Waals surface area contributed by atoms with E-state index in [0.29, 0.717) is 6.54 Å². The lowest BCUT2D eigenvalue weighted by Gasteiger charge is -2.23. The van der Waals surface area contributed by atoms with Crippen LogP contribution in [0, 0.1) is 0 Å². The van der Waals surface area contributed by atoms with Crippen LogP contribution in [0.5, 0.6) is 0 Å². The number of aliphatic imine (C=N–C) groups is 1. The van der Waals surface area contributed by atoms with Crippen LogP contribution in [0.2, 0.25) is 0 Å². The Morgan fingerprint density at radius 3 is 2.62 bits per heavy atom. The molecule has 128 valence electrons. The first kappa shape index (κ1) is 16.6. The molecule has 1 heterocycles.